The van der Waals surface area contributed by atoms with Crippen molar-refractivity contribution in [3.63, 3.8) is 0 Å². The maximum atomic E-state index is 9.86. The number of nitrogens with two attached hydrogens (primary N) is 1. The first-order valence-electron chi connectivity index (χ1n) is 8.28. The molecule has 2 aromatic carbocycles. The van der Waals surface area contributed by atoms with Crippen molar-refractivity contribution in [2.75, 3.05) is 0 Å². The molecule has 0 aliphatic carbocycles. The predicted molar refractivity (Wildman–Crippen MR) is 117 cm³/mol. The van der Waals surface area contributed by atoms with E-state index >= 15 is 0 Å². The van der Waals surface area contributed by atoms with Crippen LogP contribution in [0.25, 0.3) is 0 Å². The highest BCUT2D eigenvalue weighted by Gasteiger charge is 2.25. The van der Waals surface area contributed by atoms with Crippen LogP contribution in [0.4, 0.5) is 5.69 Å². The Balaban J connectivity index is 2.04. The normalized spacial score (nSPS) is 12.4. The molecule has 29 heavy (non-hydrogen) atoms. The topological polar surface area (TPSA) is 83.2 Å². The van der Waals surface area contributed by atoms with Crippen molar-refractivity contribution in [3.05, 3.63) is 80.8 Å². The number of aromatic nitrogens is 2. The molecule has 1 aromatic heterocycles. The number of hydrogen-bond acceptors (Lipinski definition) is 3. The van der Waals surface area contributed by atoms with E-state index in [0.29, 0.717) is 37.9 Å². The van der Waals surface area contributed by atoms with Crippen molar-refractivity contribution >= 4 is 58.1 Å². The Hall–Kier alpha value is -2.43. The van der Waals surface area contributed by atoms with Gasteiger partial charge in [-0.25, -0.2) is 14.9 Å². The van der Waals surface area contributed by atoms with Crippen molar-refractivity contribution in [1.82, 2.24) is 14.5 Å². The monoisotopic (exact) mass is 466 g/mol. The largest absolute Gasteiger partial charge is 0.369 e. The highest BCUT2D eigenvalue weighted by Crippen LogP contribution is 2.32. The lowest BCUT2D eigenvalue weighted by molar-refractivity contribution is 0.371. The second-order valence-electron chi connectivity index (χ2n) is 5.98. The summed E-state index contributed by atoms with van der Waals surface area (Å²) < 4.78 is 1.81. The molecule has 6 nitrogen and oxygen atoms in total. The number of rotatable bonds is 5. The van der Waals surface area contributed by atoms with Gasteiger partial charge >= 0.3 is 0 Å². The number of guanidine groups is 1. The molecule has 1 heterocycles. The van der Waals surface area contributed by atoms with Gasteiger partial charge in [0.05, 0.1) is 23.1 Å². The Morgan fingerprint density at radius 2 is 1.83 bits per heavy atom. The van der Waals surface area contributed by atoms with Gasteiger partial charge in [-0.1, -0.05) is 52.5 Å². The van der Waals surface area contributed by atoms with Gasteiger partial charge in [0.25, 0.3) is 0 Å². The summed E-state index contributed by atoms with van der Waals surface area (Å²) in [5, 5.41) is 11.5. The van der Waals surface area contributed by atoms with Crippen molar-refractivity contribution < 1.29 is 0 Å². The number of halogens is 4. The minimum atomic E-state index is -0.561. The van der Waals surface area contributed by atoms with E-state index < -0.39 is 6.04 Å². The molecule has 0 radical (unpaired) electrons. The summed E-state index contributed by atoms with van der Waals surface area (Å²) in [6.45, 7) is 0.347. The van der Waals surface area contributed by atoms with Crippen LogP contribution in [0, 0.1) is 11.5 Å². The molecule has 0 amide bonds. The van der Waals surface area contributed by atoms with E-state index in [1.54, 1.807) is 55.1 Å². The zero-order valence-electron chi connectivity index (χ0n) is 14.8. The second-order valence-corrected chi connectivity index (χ2v) is 7.66. The average molecular weight is 468 g/mol. The third-order valence-corrected chi connectivity index (χ3v) is 5.18. The van der Waals surface area contributed by atoms with Crippen molar-refractivity contribution in [3.8, 4) is 6.19 Å². The van der Waals surface area contributed by atoms with Gasteiger partial charge in [0.15, 0.2) is 6.19 Å². The Bertz CT molecular complexity index is 1070. The fourth-order valence-electron chi connectivity index (χ4n) is 2.72. The lowest BCUT2D eigenvalue weighted by Gasteiger charge is -2.27. The minimum Gasteiger partial charge on any atom is -0.369 e. The van der Waals surface area contributed by atoms with Gasteiger partial charge in [-0.05, 0) is 35.9 Å². The predicted octanol–water partition coefficient (Wildman–Crippen LogP) is 5.67. The maximum Gasteiger partial charge on any atom is 0.210 e. The van der Waals surface area contributed by atoms with Crippen LogP contribution in [0.15, 0.2) is 60.1 Å². The molecule has 0 spiro atoms. The number of nitrogens with zero attached hydrogens (tertiary/aromatic N) is 5. The molecule has 2 N–H and O–H groups in total. The molecule has 0 fully saturated rings. The summed E-state index contributed by atoms with van der Waals surface area (Å²) in [6, 6.07) is 9.29. The van der Waals surface area contributed by atoms with Gasteiger partial charge in [0.2, 0.25) is 5.96 Å². The molecule has 0 saturated carbocycles. The summed E-state index contributed by atoms with van der Waals surface area (Å²) in [6.07, 6.45) is 7.14. The summed E-state index contributed by atoms with van der Waals surface area (Å²) in [7, 11) is 0. The highest BCUT2D eigenvalue weighted by molar-refractivity contribution is 6.36. The second kappa shape index (κ2) is 9.38. The van der Waals surface area contributed by atoms with E-state index in [1.165, 1.54) is 4.90 Å². The Morgan fingerprint density at radius 1 is 1.14 bits per heavy atom. The fraction of sp³-hybridized carbons (Fsp3) is 0.105. The smallest absolute Gasteiger partial charge is 0.210 e. The number of imidazole rings is 1. The molecule has 0 aliphatic rings. The molecule has 1 atom stereocenters. The zero-order valence-corrected chi connectivity index (χ0v) is 17.8. The Labute approximate surface area is 187 Å². The van der Waals surface area contributed by atoms with Gasteiger partial charge < -0.3 is 10.3 Å². The fourth-order valence-corrected chi connectivity index (χ4v) is 3.70. The highest BCUT2D eigenvalue weighted by atomic mass is 35.5. The molecule has 148 valence electrons. The van der Waals surface area contributed by atoms with Crippen LogP contribution in [0.2, 0.25) is 20.1 Å². The first-order valence-corrected chi connectivity index (χ1v) is 9.79. The van der Waals surface area contributed by atoms with Crippen LogP contribution in [0.5, 0.6) is 0 Å². The van der Waals surface area contributed by atoms with Gasteiger partial charge in [-0.3, -0.25) is 0 Å². The molecule has 3 aromatic rings. The van der Waals surface area contributed by atoms with E-state index in [1.807, 2.05) is 4.57 Å². The van der Waals surface area contributed by atoms with E-state index in [4.69, 9.17) is 52.1 Å². The molecule has 0 saturated heterocycles. The molecule has 1 unspecified atom stereocenters. The number of nitriles is 1. The average Bonchev–Trinajstić information content (AvgIpc) is 3.17. The van der Waals surface area contributed by atoms with Gasteiger partial charge in [-0.15, -0.1) is 0 Å². The van der Waals surface area contributed by atoms with E-state index in [2.05, 4.69) is 16.2 Å². The van der Waals surface area contributed by atoms with Crippen molar-refractivity contribution in [1.29, 1.82) is 5.26 Å². The Morgan fingerprint density at radius 3 is 2.41 bits per heavy atom. The third-order valence-electron chi connectivity index (χ3n) is 4.08. The van der Waals surface area contributed by atoms with E-state index in [0.717, 1.165) is 0 Å². The Kier molecular flexibility index (Phi) is 6.88. The molecule has 0 bridgehead atoms. The summed E-state index contributed by atoms with van der Waals surface area (Å²) >= 11 is 24.5. The third kappa shape index (κ3) is 5.14. The van der Waals surface area contributed by atoms with Crippen LogP contribution in [0.1, 0.15) is 11.6 Å². The SMILES string of the molecule is N#CN(C(N)=Nc1ccc(Cl)cc1Cl)C(Cn1ccnc1)c1ccc(Cl)cc1Cl. The standard InChI is InChI=1S/C19H14Cl4N6/c20-12-1-3-14(15(22)7-12)18(9-28-6-5-26-11-28)29(10-24)19(25)27-17-4-2-13(21)8-16(17)23/h1-8,11,18H,9H2,(H2,25,27). The number of aliphatic imine (C=N–C) groups is 1. The lowest BCUT2D eigenvalue weighted by Crippen LogP contribution is -2.38. The maximum absolute atomic E-state index is 9.86. The number of benzene rings is 2. The van der Waals surface area contributed by atoms with E-state index in [-0.39, 0.29) is 5.96 Å². The quantitative estimate of drug-likeness (QED) is 0.227. The molecular formula is C19H14Cl4N6. The minimum absolute atomic E-state index is 0.0483. The zero-order chi connectivity index (χ0) is 21.0. The van der Waals surface area contributed by atoms with Crippen molar-refractivity contribution in [2.24, 2.45) is 10.7 Å². The molecule has 0 aliphatic heterocycles. The molecular weight excluding hydrogens is 454 g/mol. The first-order chi connectivity index (χ1) is 13.9. The summed E-state index contributed by atoms with van der Waals surface area (Å²) in [5.74, 6) is -0.0483. The molecule has 3 rings (SSSR count). The first kappa shape index (κ1) is 21.3. The van der Waals surface area contributed by atoms with Crippen LogP contribution >= 0.6 is 46.4 Å². The van der Waals surface area contributed by atoms with Gasteiger partial charge in [0.1, 0.15) is 0 Å². The van der Waals surface area contributed by atoms with Crippen LogP contribution in [0.3, 0.4) is 0 Å². The van der Waals surface area contributed by atoms with Gasteiger partial charge in [0, 0.05) is 34.0 Å². The van der Waals surface area contributed by atoms with Gasteiger partial charge in [-0.2, -0.15) is 5.26 Å². The van der Waals surface area contributed by atoms with Crippen LogP contribution < -0.4 is 5.73 Å². The summed E-state index contributed by atoms with van der Waals surface area (Å²) in [4.78, 5) is 9.61. The molecule has 10 heteroatoms. The van der Waals surface area contributed by atoms with E-state index in [9.17, 15) is 5.26 Å². The van der Waals surface area contributed by atoms with Crippen LogP contribution in [-0.2, 0) is 6.54 Å². The lowest BCUT2D eigenvalue weighted by atomic mass is 10.1. The summed E-state index contributed by atoms with van der Waals surface area (Å²) in [5.41, 5.74) is 7.23. The van der Waals surface area contributed by atoms with Crippen LogP contribution in [-0.4, -0.2) is 20.4 Å². The number of hydrogen-bond donors (Lipinski definition) is 1. The van der Waals surface area contributed by atoms with Crippen molar-refractivity contribution in [2.45, 2.75) is 12.6 Å².